The second-order valence-corrected chi connectivity index (χ2v) is 0.707. The molecule has 0 aliphatic carbocycles. The van der Waals surface area contributed by atoms with E-state index in [-0.39, 0.29) is 7.43 Å². The minimum absolute atomic E-state index is 0. The highest BCUT2D eigenvalue weighted by Crippen LogP contribution is 1.34. The smallest absolute Gasteiger partial charge is 0.00804 e. The molecule has 0 heterocycles. The summed E-state index contributed by atoms with van der Waals surface area (Å²) >= 11 is 0. The average molecular weight is 136 g/mol. The quantitative estimate of drug-likeness (QED) is 0.573. The maximum atomic E-state index is 4.50. The molecule has 0 saturated heterocycles. The third kappa shape index (κ3) is 328. The lowest BCUT2D eigenvalue weighted by Gasteiger charge is -1.76. The van der Waals surface area contributed by atoms with Gasteiger partial charge in [0, 0.05) is 0 Å². The van der Waals surface area contributed by atoms with Crippen LogP contribution in [0.2, 0.25) is 0 Å². The first-order valence-corrected chi connectivity index (χ1v) is 3.14. The van der Waals surface area contributed by atoms with E-state index in [1.165, 1.54) is 7.05 Å². The fourth-order valence-corrected chi connectivity index (χ4v) is 0. The minimum Gasteiger partial charge on any atom is -0.333 e. The van der Waals surface area contributed by atoms with Crippen LogP contribution in [0.25, 0.3) is 0 Å². The lowest BCUT2D eigenvalue weighted by molar-refractivity contribution is 0.864. The Morgan fingerprint density at radius 1 is 1.22 bits per heavy atom. The second kappa shape index (κ2) is 103. The predicted octanol–water partition coefficient (Wildman–Crippen LogP) is 1.46. The highest BCUT2D eigenvalue weighted by Gasteiger charge is 1.50. The van der Waals surface area contributed by atoms with Crippen molar-refractivity contribution in [1.82, 2.24) is 5.32 Å². The molecule has 0 atom stereocenters. The monoisotopic (exact) mass is 136 g/mol. The van der Waals surface area contributed by atoms with E-state index in [9.17, 15) is 0 Å². The molecule has 0 rings (SSSR count). The average Bonchev–Trinajstić information content (AvgIpc) is 1.96. The molecule has 62 valence electrons. The van der Waals surface area contributed by atoms with Crippen molar-refractivity contribution in [2.24, 2.45) is 5.73 Å². The number of hydrogen-bond donors (Lipinski definition) is 2. The van der Waals surface area contributed by atoms with Gasteiger partial charge in [0.05, 0.1) is 0 Å². The van der Waals surface area contributed by atoms with Gasteiger partial charge in [0.2, 0.25) is 0 Å². The number of nitrogens with one attached hydrogen (secondary N) is 1. The Hall–Kier alpha value is -0.0800. The zero-order chi connectivity index (χ0) is 7.41. The van der Waals surface area contributed by atoms with Gasteiger partial charge < -0.3 is 11.1 Å². The fraction of sp³-hybridized carbons (Fsp3) is 1.00. The van der Waals surface area contributed by atoms with Crippen LogP contribution in [0, 0.1) is 0 Å². The molecule has 0 aliphatic rings. The van der Waals surface area contributed by atoms with Crippen molar-refractivity contribution in [3.63, 3.8) is 0 Å². The van der Waals surface area contributed by atoms with Crippen LogP contribution in [0.15, 0.2) is 0 Å². The second-order valence-electron chi connectivity index (χ2n) is 0.707. The van der Waals surface area contributed by atoms with Crippen molar-refractivity contribution in [3.05, 3.63) is 0 Å². The van der Waals surface area contributed by atoms with E-state index < -0.39 is 0 Å². The van der Waals surface area contributed by atoms with Gasteiger partial charge in [-0.1, -0.05) is 28.2 Å². The van der Waals surface area contributed by atoms with Gasteiger partial charge in [-0.15, -0.1) is 0 Å². The van der Waals surface area contributed by atoms with Gasteiger partial charge in [-0.05, 0) is 20.6 Å². The Labute approximate surface area is 60.8 Å². The molecule has 0 radical (unpaired) electrons. The Morgan fingerprint density at radius 3 is 1.33 bits per heavy atom. The summed E-state index contributed by atoms with van der Waals surface area (Å²) < 4.78 is 0. The Balaban J connectivity index is -0.0000000221. The minimum atomic E-state index is 0. The first-order chi connectivity index (χ1) is 3.91. The molecule has 0 amide bonds. The van der Waals surface area contributed by atoms with E-state index >= 15 is 0 Å². The Morgan fingerprint density at radius 2 is 1.33 bits per heavy atom. The zero-order valence-corrected chi connectivity index (χ0v) is 6.78. The summed E-state index contributed by atoms with van der Waals surface area (Å²) in [6, 6.07) is 0. The summed E-state index contributed by atoms with van der Waals surface area (Å²) in [6.45, 7) is 7.14. The van der Waals surface area contributed by atoms with Crippen LogP contribution >= 0.6 is 0 Å². The van der Waals surface area contributed by atoms with Crippen molar-refractivity contribution >= 4 is 0 Å². The van der Waals surface area contributed by atoms with E-state index in [0.717, 1.165) is 6.54 Å². The van der Waals surface area contributed by atoms with Crippen molar-refractivity contribution in [1.29, 1.82) is 0 Å². The van der Waals surface area contributed by atoms with Crippen molar-refractivity contribution in [2.45, 2.75) is 28.2 Å². The van der Waals surface area contributed by atoms with Crippen LogP contribution < -0.4 is 11.1 Å². The molecule has 0 aromatic rings. The number of hydrogen-bond acceptors (Lipinski definition) is 2. The molecule has 0 aromatic heterocycles. The Kier molecular flexibility index (Phi) is 264. The van der Waals surface area contributed by atoms with Gasteiger partial charge >= 0.3 is 0 Å². The standard InChI is InChI=1S/C3H9N.C2H6.CH5N.CH4/c1-3-4-2;2*1-2;/h4H,3H2,1-2H3;1-2H3;2H2,1H3;1H4. The summed E-state index contributed by atoms with van der Waals surface area (Å²) in [5.41, 5.74) is 4.50. The first kappa shape index (κ1) is 23.1. The third-order valence-electron chi connectivity index (χ3n) is 0.354. The molecule has 2 heteroatoms. The van der Waals surface area contributed by atoms with Crippen molar-refractivity contribution in [2.75, 3.05) is 20.6 Å². The van der Waals surface area contributed by atoms with Gasteiger partial charge in [-0.3, -0.25) is 0 Å². The van der Waals surface area contributed by atoms with Crippen LogP contribution in [-0.2, 0) is 0 Å². The lowest BCUT2D eigenvalue weighted by atomic mass is 10.8. The molecule has 0 spiro atoms. The summed E-state index contributed by atoms with van der Waals surface area (Å²) in [5, 5.41) is 2.93. The van der Waals surface area contributed by atoms with Gasteiger partial charge in [0.25, 0.3) is 0 Å². The largest absolute Gasteiger partial charge is 0.333 e. The van der Waals surface area contributed by atoms with Gasteiger partial charge in [0.15, 0.2) is 0 Å². The first-order valence-electron chi connectivity index (χ1n) is 3.14. The summed E-state index contributed by atoms with van der Waals surface area (Å²) in [5.74, 6) is 0. The van der Waals surface area contributed by atoms with E-state index in [0.29, 0.717) is 0 Å². The molecule has 0 fully saturated rings. The van der Waals surface area contributed by atoms with E-state index in [1.807, 2.05) is 20.9 Å². The van der Waals surface area contributed by atoms with Crippen molar-refractivity contribution in [3.8, 4) is 0 Å². The molecule has 2 nitrogen and oxygen atoms in total. The maximum absolute atomic E-state index is 4.50. The predicted molar refractivity (Wildman–Crippen MR) is 47.8 cm³/mol. The molecule has 0 unspecified atom stereocenters. The molecule has 0 saturated carbocycles. The van der Waals surface area contributed by atoms with E-state index in [1.54, 1.807) is 0 Å². The van der Waals surface area contributed by atoms with E-state index in [4.69, 9.17) is 0 Å². The van der Waals surface area contributed by atoms with Gasteiger partial charge in [-0.2, -0.15) is 0 Å². The molecule has 0 bridgehead atoms. The van der Waals surface area contributed by atoms with E-state index in [2.05, 4.69) is 18.0 Å². The van der Waals surface area contributed by atoms with Gasteiger partial charge in [0.1, 0.15) is 0 Å². The summed E-state index contributed by atoms with van der Waals surface area (Å²) in [4.78, 5) is 0. The normalized spacial score (nSPS) is 4.67. The number of nitrogens with two attached hydrogens (primary N) is 1. The fourth-order valence-electron chi connectivity index (χ4n) is 0. The van der Waals surface area contributed by atoms with Crippen LogP contribution in [0.1, 0.15) is 28.2 Å². The summed E-state index contributed by atoms with van der Waals surface area (Å²) in [7, 11) is 3.43. The van der Waals surface area contributed by atoms with Crippen LogP contribution in [0.3, 0.4) is 0 Å². The van der Waals surface area contributed by atoms with Gasteiger partial charge in [-0.25, -0.2) is 0 Å². The molecule has 9 heavy (non-hydrogen) atoms. The van der Waals surface area contributed by atoms with Crippen LogP contribution in [0.5, 0.6) is 0 Å². The zero-order valence-electron chi connectivity index (χ0n) is 6.78. The molecule has 0 aromatic carbocycles. The maximum Gasteiger partial charge on any atom is -0.00804 e. The molecular weight excluding hydrogens is 112 g/mol. The lowest BCUT2D eigenvalue weighted by Crippen LogP contribution is -2.01. The molecule has 3 N–H and O–H groups in total. The molecule has 0 aliphatic heterocycles. The van der Waals surface area contributed by atoms with Crippen molar-refractivity contribution < 1.29 is 0 Å². The highest BCUT2D eigenvalue weighted by molar-refractivity contribution is 4.15. The number of rotatable bonds is 1. The summed E-state index contributed by atoms with van der Waals surface area (Å²) in [6.07, 6.45) is 0. The SMILES string of the molecule is C.CC.CCNC.CN. The third-order valence-corrected chi connectivity index (χ3v) is 0.354. The highest BCUT2D eigenvalue weighted by atomic mass is 14.8. The Bertz CT molecular complexity index is 8.88. The van der Waals surface area contributed by atoms with Crippen LogP contribution in [0.4, 0.5) is 0 Å². The molecular formula is C7H24N2. The topological polar surface area (TPSA) is 38.0 Å². The van der Waals surface area contributed by atoms with Crippen LogP contribution in [-0.4, -0.2) is 20.6 Å².